The lowest BCUT2D eigenvalue weighted by molar-refractivity contribution is -0.193. The summed E-state index contributed by atoms with van der Waals surface area (Å²) in [5.74, 6) is -6.95. The molecule has 8 aromatic rings. The van der Waals surface area contributed by atoms with Crippen molar-refractivity contribution < 1.29 is 82.1 Å². The minimum absolute atomic E-state index is 0.0376. The number of carbonyl (C=O) groups is 11. The zero-order chi connectivity index (χ0) is 80.6. The van der Waals surface area contributed by atoms with Gasteiger partial charge in [-0.15, -0.1) is 0 Å². The van der Waals surface area contributed by atoms with Gasteiger partial charge in [0.05, 0.1) is 48.6 Å². The van der Waals surface area contributed by atoms with Gasteiger partial charge in [-0.3, -0.25) is 67.5 Å². The number of fused-ring (bicyclic) bond motifs is 4. The summed E-state index contributed by atoms with van der Waals surface area (Å²) < 4.78 is 0. The van der Waals surface area contributed by atoms with E-state index in [1.165, 1.54) is 34.7 Å². The van der Waals surface area contributed by atoms with Crippen LogP contribution in [-0.2, 0) is 77.5 Å². The number of anilines is 2. The van der Waals surface area contributed by atoms with Crippen LogP contribution in [0.3, 0.4) is 0 Å². The van der Waals surface area contributed by atoms with E-state index < -0.39 is 77.6 Å². The Balaban J connectivity index is 0.000000273. The molecule has 11 rings (SSSR count). The van der Waals surface area contributed by atoms with E-state index in [0.29, 0.717) is 59.4 Å². The molecule has 2 unspecified atom stereocenters. The van der Waals surface area contributed by atoms with Gasteiger partial charge in [0.1, 0.15) is 11.5 Å². The highest BCUT2D eigenvalue weighted by Gasteiger charge is 2.67. The molecule has 1 spiro atoms. The van der Waals surface area contributed by atoms with Crippen LogP contribution in [0.15, 0.2) is 125 Å². The number of Topliss-reactive ketones (excluding diaryl/α,β-unsaturated/α-hetero) is 4. The number of H-pyrrole nitrogens is 3. The molecule has 1 saturated carbocycles. The number of amides is 4. The predicted octanol–water partition coefficient (Wildman–Crippen LogP) is 5.50. The minimum atomic E-state index is -1.55. The molecular weight excluding hydrogens is 1480 g/mol. The third kappa shape index (κ3) is 22.5. The summed E-state index contributed by atoms with van der Waals surface area (Å²) in [5.41, 5.74) is 24.3. The summed E-state index contributed by atoms with van der Waals surface area (Å²) in [5, 5.41) is 31.7. The maximum Gasteiger partial charge on any atom is 0.373 e. The highest BCUT2D eigenvalue weighted by atomic mass is 33.1. The maximum atomic E-state index is 13.8. The van der Waals surface area contributed by atoms with Gasteiger partial charge in [-0.25, -0.2) is 9.97 Å². The Morgan fingerprint density at radius 3 is 2.08 bits per heavy atom. The Hall–Kier alpha value is -12.6. The highest BCUT2D eigenvalue weighted by molar-refractivity contribution is 8.76. The summed E-state index contributed by atoms with van der Waals surface area (Å²) in [7, 11) is 2.67. The summed E-state index contributed by atoms with van der Waals surface area (Å²) in [6.45, 7) is 6.27. The molecule has 3 aliphatic rings. The van der Waals surface area contributed by atoms with Crippen LogP contribution in [0.1, 0.15) is 143 Å². The predicted molar refractivity (Wildman–Crippen MR) is 407 cm³/mol. The molecule has 2 aliphatic carbocycles. The van der Waals surface area contributed by atoms with Crippen LogP contribution >= 0.6 is 21.6 Å². The van der Waals surface area contributed by atoms with Gasteiger partial charge >= 0.3 is 24.2 Å². The first-order valence-electron chi connectivity index (χ1n) is 35.1. The maximum absolute atomic E-state index is 13.8. The number of nitrogens with one attached hydrogen (secondary N) is 7. The van der Waals surface area contributed by atoms with Crippen molar-refractivity contribution in [1.29, 1.82) is 0 Å². The standard InChI is InChI=1S/C38H52N12O10S2.C36H29N3O4.2CO2/c1-3-61-62-19-23(36(59)60)15-28(52)26(16-30(54)55)48-34(57)22(6-4-13-43-37(39)40)14-27(51)20(2)46-29(53)7-5-12-42-33(56)21-8-10-24(11-9-21)44-17-25-18-45-32-31(47-25)35(58)50-38(41)49-32;1-2-25(40)13-20-7-9-28-22(11-20)15-30(37-28)33(42)14-21-8-10-29-23(12-21)16-31(38-29)35(43)39-19-24-18-36(24)27-6-4-3-5-26(27)32(41)17-34(36)39;2*2-1-3/h8-11,18,20,22-23,26,44H,3-7,12-17,19H2,1-2H3,(H,42,56)(H,46,53)(H,48,57)(H,54,55)(H,59,60)(H4,39,40,43)(H3,41,45,49,50,58);3-12,15-17,24,37-38H,2,13-14,18-19H2,1H3;;/t20-,22+,23-,26-;;;/m0.../s1. The fourth-order valence-corrected chi connectivity index (χ4v) is 14.9. The quantitative estimate of drug-likeness (QED) is 0.00767. The molecule has 0 bridgehead atoms. The van der Waals surface area contributed by atoms with Gasteiger partial charge in [0.2, 0.25) is 17.8 Å². The number of carboxylic acids is 2. The second-order valence-electron chi connectivity index (χ2n) is 26.2. The summed E-state index contributed by atoms with van der Waals surface area (Å²) in [6, 6.07) is 27.0. The van der Waals surface area contributed by atoms with Gasteiger partial charge in [0.25, 0.3) is 17.4 Å². The van der Waals surface area contributed by atoms with Gasteiger partial charge < -0.3 is 63.5 Å². The number of hydrogen-bond donors (Lipinski definition) is 12. The third-order valence-electron chi connectivity index (χ3n) is 18.5. The Labute approximate surface area is 640 Å². The number of carbonyl (C=O) groups excluding carboxylic acids is 13. The number of aliphatic imine (C=N–C) groups is 1. The average Bonchev–Trinajstić information content (AvgIpc) is 1.50. The van der Waals surface area contributed by atoms with Crippen molar-refractivity contribution in [1.82, 2.24) is 50.8 Å². The van der Waals surface area contributed by atoms with Crippen molar-refractivity contribution in [3.63, 3.8) is 0 Å². The van der Waals surface area contributed by atoms with Crippen LogP contribution in [0, 0.1) is 17.8 Å². The number of allylic oxidation sites excluding steroid dienone is 2. The molecule has 2 fully saturated rings. The summed E-state index contributed by atoms with van der Waals surface area (Å²) in [4.78, 5) is 212. The molecule has 15 N–H and O–H groups in total. The van der Waals surface area contributed by atoms with E-state index in [1.807, 2.05) is 86.6 Å². The number of nitrogens with two attached hydrogens (primary N) is 3. The largest absolute Gasteiger partial charge is 0.481 e. The number of aliphatic carboxylic acids is 2. The molecule has 4 aromatic heterocycles. The van der Waals surface area contributed by atoms with Crippen molar-refractivity contribution in [2.24, 2.45) is 34.2 Å². The first-order chi connectivity index (χ1) is 53.1. The lowest BCUT2D eigenvalue weighted by atomic mass is 9.81. The number of carboxylic acid groups (broad SMARTS) is 2. The monoisotopic (exact) mass is 1560 g/mol. The number of hydrogen-bond acceptors (Lipinski definition) is 24. The number of aromatic nitrogens is 6. The molecule has 111 heavy (non-hydrogen) atoms. The van der Waals surface area contributed by atoms with Crippen LogP contribution in [0.4, 0.5) is 11.6 Å². The average molecular weight is 1560 g/mol. The molecule has 35 heteroatoms. The van der Waals surface area contributed by atoms with E-state index in [1.54, 1.807) is 35.2 Å². The molecule has 1 saturated heterocycles. The lowest BCUT2D eigenvalue weighted by Crippen LogP contribution is -2.47. The minimum Gasteiger partial charge on any atom is -0.481 e. The first-order valence-corrected chi connectivity index (χ1v) is 37.6. The van der Waals surface area contributed by atoms with Crippen molar-refractivity contribution in [3.05, 3.63) is 170 Å². The molecule has 0 radical (unpaired) electrons. The number of guanidine groups is 1. The van der Waals surface area contributed by atoms with Gasteiger partial charge in [0.15, 0.2) is 40.3 Å². The number of piperidine rings is 1. The third-order valence-corrected chi connectivity index (χ3v) is 21.1. The zero-order valence-corrected chi connectivity index (χ0v) is 62.1. The van der Waals surface area contributed by atoms with Crippen LogP contribution in [-0.4, -0.2) is 171 Å². The normalized spacial score (nSPS) is 15.1. The lowest BCUT2D eigenvalue weighted by Gasteiger charge is -2.29. The van der Waals surface area contributed by atoms with Crippen LogP contribution < -0.4 is 44.0 Å². The number of benzene rings is 4. The molecule has 4 aromatic carbocycles. The fourth-order valence-electron chi connectivity index (χ4n) is 13.0. The Morgan fingerprint density at radius 1 is 0.766 bits per heavy atom. The second-order valence-corrected chi connectivity index (χ2v) is 29.0. The second kappa shape index (κ2) is 39.5. The van der Waals surface area contributed by atoms with Crippen molar-refractivity contribution >= 4 is 149 Å². The number of nitrogen functional groups attached to an aromatic ring is 1. The fraction of sp³-hybridized carbons (Fsp3) is 0.342. The van der Waals surface area contributed by atoms with E-state index in [-0.39, 0.29) is 134 Å². The molecule has 5 heterocycles. The Bertz CT molecular complexity index is 5050. The van der Waals surface area contributed by atoms with Crippen molar-refractivity contribution in [2.75, 3.05) is 42.2 Å². The van der Waals surface area contributed by atoms with E-state index in [4.69, 9.17) is 36.4 Å². The molecule has 580 valence electrons. The van der Waals surface area contributed by atoms with Gasteiger partial charge in [0, 0.05) is 131 Å². The number of ketones is 5. The van der Waals surface area contributed by atoms with E-state index in [9.17, 15) is 67.7 Å². The van der Waals surface area contributed by atoms with E-state index in [0.717, 1.165) is 56.2 Å². The Morgan fingerprint density at radius 2 is 1.42 bits per heavy atom. The molecule has 33 nitrogen and oxygen atoms in total. The highest BCUT2D eigenvalue weighted by Crippen LogP contribution is 2.66. The molecule has 1 aliphatic heterocycles. The first kappa shape index (κ1) is 84.0. The van der Waals surface area contributed by atoms with Crippen molar-refractivity contribution in [3.8, 4) is 0 Å². The van der Waals surface area contributed by atoms with Crippen LogP contribution in [0.5, 0.6) is 0 Å². The number of rotatable bonds is 35. The smallest absolute Gasteiger partial charge is 0.373 e. The molecule has 6 atom stereocenters. The number of aromatic amines is 3. The molecular formula is C76H81N15O18S2. The topological polar surface area (TPSA) is 541 Å². The SMILES string of the molecule is CCC(=O)Cc1ccc2[nH]c(C(=O)Cc3ccc4[nH]c(C(=O)N5CC6CC67C5=CC(=O)c5ccccc57)cc4c3)cc2c1.CCSSC[C@H](CC(=O)[C@H](CC(=O)O)NC(=O)[C@H](CCCN=C(N)N)CC(=O)[C@H](C)NC(=O)CCCNC(=O)c1ccc(NCc2cnc3nc(N)[nH]c(=O)c3n2)cc1)C(=O)O.O=C=O.O=C=O. The molecule has 4 amide bonds. The van der Waals surface area contributed by atoms with E-state index >= 15 is 0 Å². The number of nitrogens with zero attached hydrogens (tertiary/aromatic N) is 5. The van der Waals surface area contributed by atoms with Crippen LogP contribution in [0.25, 0.3) is 33.0 Å². The van der Waals surface area contributed by atoms with E-state index in [2.05, 4.69) is 56.2 Å². The van der Waals surface area contributed by atoms with Gasteiger partial charge in [-0.2, -0.15) is 24.2 Å². The van der Waals surface area contributed by atoms with Crippen LogP contribution in [0.2, 0.25) is 0 Å². The summed E-state index contributed by atoms with van der Waals surface area (Å²) in [6.07, 6.45) is 4.50. The van der Waals surface area contributed by atoms with Gasteiger partial charge in [-0.1, -0.05) is 71.8 Å². The Kier molecular flexibility index (Phi) is 29.9. The zero-order valence-electron chi connectivity index (χ0n) is 60.5. The van der Waals surface area contributed by atoms with Gasteiger partial charge in [-0.05, 0) is 116 Å². The number of likely N-dealkylation sites (tertiary alicyclic amines) is 1. The van der Waals surface area contributed by atoms with Crippen molar-refractivity contribution in [2.45, 2.75) is 115 Å². The summed E-state index contributed by atoms with van der Waals surface area (Å²) >= 11 is 0.